The molecule has 2 fully saturated rings. The van der Waals surface area contributed by atoms with E-state index in [4.69, 9.17) is 4.74 Å². The SMILES string of the molecule is O=C(C=C1CC(C2CCCCC2)C1)Oc1ccccc1. The van der Waals surface area contributed by atoms with E-state index in [9.17, 15) is 4.79 Å². The molecule has 0 aliphatic heterocycles. The van der Waals surface area contributed by atoms with Crippen molar-refractivity contribution in [1.82, 2.24) is 0 Å². The first-order valence-corrected chi connectivity index (χ1v) is 7.77. The molecule has 2 aliphatic rings. The summed E-state index contributed by atoms with van der Waals surface area (Å²) in [6.45, 7) is 0. The van der Waals surface area contributed by atoms with Crippen molar-refractivity contribution in [2.75, 3.05) is 0 Å². The lowest BCUT2D eigenvalue weighted by Gasteiger charge is -2.38. The lowest BCUT2D eigenvalue weighted by molar-refractivity contribution is -0.129. The molecule has 0 saturated heterocycles. The van der Waals surface area contributed by atoms with Crippen LogP contribution in [0.25, 0.3) is 0 Å². The minimum Gasteiger partial charge on any atom is -0.423 e. The van der Waals surface area contributed by atoms with Gasteiger partial charge in [-0.05, 0) is 36.8 Å². The van der Waals surface area contributed by atoms with E-state index in [0.29, 0.717) is 5.75 Å². The largest absolute Gasteiger partial charge is 0.423 e. The van der Waals surface area contributed by atoms with E-state index in [1.54, 1.807) is 6.08 Å². The van der Waals surface area contributed by atoms with Gasteiger partial charge in [0.25, 0.3) is 0 Å². The lowest BCUT2D eigenvalue weighted by Crippen LogP contribution is -2.26. The monoisotopic (exact) mass is 270 g/mol. The molecule has 0 amide bonds. The van der Waals surface area contributed by atoms with Crippen LogP contribution in [-0.2, 0) is 4.79 Å². The highest BCUT2D eigenvalue weighted by Gasteiger charge is 2.31. The third-order valence-corrected chi connectivity index (χ3v) is 4.65. The van der Waals surface area contributed by atoms with Crippen LogP contribution < -0.4 is 4.74 Å². The summed E-state index contributed by atoms with van der Waals surface area (Å²) in [6.07, 6.45) is 10.9. The maximum absolute atomic E-state index is 11.8. The molecule has 20 heavy (non-hydrogen) atoms. The molecule has 0 bridgehead atoms. The topological polar surface area (TPSA) is 26.3 Å². The Balaban J connectivity index is 1.47. The molecule has 0 heterocycles. The highest BCUT2D eigenvalue weighted by atomic mass is 16.5. The van der Waals surface area contributed by atoms with Crippen LogP contribution in [0.1, 0.15) is 44.9 Å². The van der Waals surface area contributed by atoms with Crippen molar-refractivity contribution in [1.29, 1.82) is 0 Å². The quantitative estimate of drug-likeness (QED) is 0.459. The van der Waals surface area contributed by atoms with Crippen LogP contribution in [0.4, 0.5) is 0 Å². The summed E-state index contributed by atoms with van der Waals surface area (Å²) in [5.41, 5.74) is 1.27. The molecule has 0 spiro atoms. The number of carbonyl (C=O) groups is 1. The lowest BCUT2D eigenvalue weighted by atomic mass is 9.67. The maximum atomic E-state index is 11.8. The van der Waals surface area contributed by atoms with Gasteiger partial charge in [0, 0.05) is 6.08 Å². The number of benzene rings is 1. The van der Waals surface area contributed by atoms with Gasteiger partial charge in [0.15, 0.2) is 0 Å². The van der Waals surface area contributed by atoms with Crippen LogP contribution in [0, 0.1) is 11.8 Å². The predicted octanol–water partition coefficient (Wildman–Crippen LogP) is 4.51. The van der Waals surface area contributed by atoms with Crippen molar-refractivity contribution >= 4 is 5.97 Å². The molecular weight excluding hydrogens is 248 g/mol. The van der Waals surface area contributed by atoms with E-state index in [-0.39, 0.29) is 5.97 Å². The van der Waals surface area contributed by atoms with Crippen LogP contribution in [0.3, 0.4) is 0 Å². The smallest absolute Gasteiger partial charge is 0.336 e. The minimum atomic E-state index is -0.228. The molecule has 106 valence electrons. The van der Waals surface area contributed by atoms with Crippen molar-refractivity contribution in [2.24, 2.45) is 11.8 Å². The van der Waals surface area contributed by atoms with Crippen molar-refractivity contribution in [3.8, 4) is 5.75 Å². The fraction of sp³-hybridized carbons (Fsp3) is 0.500. The third-order valence-electron chi connectivity index (χ3n) is 4.65. The van der Waals surface area contributed by atoms with E-state index in [0.717, 1.165) is 24.7 Å². The normalized spacial score (nSPS) is 23.0. The molecule has 2 saturated carbocycles. The van der Waals surface area contributed by atoms with Crippen LogP contribution in [-0.4, -0.2) is 5.97 Å². The fourth-order valence-electron chi connectivity index (χ4n) is 3.47. The average Bonchev–Trinajstić information content (AvgIpc) is 2.44. The van der Waals surface area contributed by atoms with Gasteiger partial charge in [-0.2, -0.15) is 0 Å². The number of para-hydroxylation sites is 1. The Hall–Kier alpha value is -1.57. The molecule has 1 aromatic rings. The second-order valence-corrected chi connectivity index (χ2v) is 6.10. The van der Waals surface area contributed by atoms with Crippen molar-refractivity contribution in [2.45, 2.75) is 44.9 Å². The Morgan fingerprint density at radius 3 is 2.40 bits per heavy atom. The first kappa shape index (κ1) is 13.4. The Bertz CT molecular complexity index is 475. The van der Waals surface area contributed by atoms with Gasteiger partial charge in [0.2, 0.25) is 0 Å². The van der Waals surface area contributed by atoms with Gasteiger partial charge >= 0.3 is 5.97 Å². The Kier molecular flexibility index (Phi) is 4.19. The van der Waals surface area contributed by atoms with Gasteiger partial charge in [0.05, 0.1) is 0 Å². The maximum Gasteiger partial charge on any atom is 0.336 e. The number of carbonyl (C=O) groups excluding carboxylic acids is 1. The van der Waals surface area contributed by atoms with Crippen molar-refractivity contribution < 1.29 is 9.53 Å². The molecule has 2 heteroatoms. The molecule has 2 aliphatic carbocycles. The Morgan fingerprint density at radius 2 is 1.70 bits per heavy atom. The number of hydrogen-bond acceptors (Lipinski definition) is 2. The average molecular weight is 270 g/mol. The Labute approximate surface area is 120 Å². The summed E-state index contributed by atoms with van der Waals surface area (Å²) in [5.74, 6) is 2.13. The van der Waals surface area contributed by atoms with E-state index < -0.39 is 0 Å². The zero-order valence-electron chi connectivity index (χ0n) is 11.9. The van der Waals surface area contributed by atoms with Gasteiger partial charge in [0.1, 0.15) is 5.75 Å². The fourth-order valence-corrected chi connectivity index (χ4v) is 3.47. The summed E-state index contributed by atoms with van der Waals surface area (Å²) >= 11 is 0. The van der Waals surface area contributed by atoms with Crippen LogP contribution in [0.2, 0.25) is 0 Å². The van der Waals surface area contributed by atoms with Crippen molar-refractivity contribution in [3.05, 3.63) is 42.0 Å². The highest BCUT2D eigenvalue weighted by Crippen LogP contribution is 2.44. The second kappa shape index (κ2) is 6.25. The minimum absolute atomic E-state index is 0.228. The summed E-state index contributed by atoms with van der Waals surface area (Å²) in [7, 11) is 0. The molecular formula is C18H22O2. The van der Waals surface area contributed by atoms with Gasteiger partial charge in [-0.25, -0.2) is 4.79 Å². The van der Waals surface area contributed by atoms with Crippen molar-refractivity contribution in [3.63, 3.8) is 0 Å². The van der Waals surface area contributed by atoms with Crippen LogP contribution >= 0.6 is 0 Å². The van der Waals surface area contributed by atoms with E-state index >= 15 is 0 Å². The summed E-state index contributed by atoms with van der Waals surface area (Å²) < 4.78 is 5.29. The Morgan fingerprint density at radius 1 is 1.00 bits per heavy atom. The highest BCUT2D eigenvalue weighted by molar-refractivity contribution is 5.85. The predicted molar refractivity (Wildman–Crippen MR) is 79.5 cm³/mol. The van der Waals surface area contributed by atoms with E-state index in [1.165, 1.54) is 37.7 Å². The summed E-state index contributed by atoms with van der Waals surface area (Å²) in [6, 6.07) is 9.27. The standard InChI is InChI=1S/C18H22O2/c19-18(20-17-9-5-2-6-10-17)13-14-11-16(12-14)15-7-3-1-4-8-15/h2,5-6,9-10,13,15-16H,1,3-4,7-8,11-12H2. The molecule has 0 radical (unpaired) electrons. The number of ether oxygens (including phenoxy) is 1. The first-order valence-electron chi connectivity index (χ1n) is 7.77. The van der Waals surface area contributed by atoms with Crippen LogP contribution in [0.5, 0.6) is 5.75 Å². The first-order chi connectivity index (χ1) is 9.81. The number of hydrogen-bond donors (Lipinski definition) is 0. The number of esters is 1. The number of rotatable bonds is 3. The third kappa shape index (κ3) is 3.30. The molecule has 0 unspecified atom stereocenters. The second-order valence-electron chi connectivity index (χ2n) is 6.10. The molecule has 0 N–H and O–H groups in total. The van der Waals surface area contributed by atoms with Gasteiger partial charge in [-0.1, -0.05) is 55.9 Å². The molecule has 2 nitrogen and oxygen atoms in total. The molecule has 0 aromatic heterocycles. The summed E-state index contributed by atoms with van der Waals surface area (Å²) in [4.78, 5) is 11.8. The number of allylic oxidation sites excluding steroid dienone is 1. The molecule has 0 atom stereocenters. The van der Waals surface area contributed by atoms with Gasteiger partial charge < -0.3 is 4.74 Å². The summed E-state index contributed by atoms with van der Waals surface area (Å²) in [5, 5.41) is 0. The van der Waals surface area contributed by atoms with Crippen LogP contribution in [0.15, 0.2) is 42.0 Å². The van der Waals surface area contributed by atoms with Gasteiger partial charge in [-0.3, -0.25) is 0 Å². The van der Waals surface area contributed by atoms with E-state index in [2.05, 4.69) is 0 Å². The van der Waals surface area contributed by atoms with Gasteiger partial charge in [-0.15, -0.1) is 0 Å². The zero-order valence-corrected chi connectivity index (χ0v) is 11.9. The zero-order chi connectivity index (χ0) is 13.8. The van der Waals surface area contributed by atoms with E-state index in [1.807, 2.05) is 30.3 Å². The molecule has 1 aromatic carbocycles. The molecule has 3 rings (SSSR count).